The van der Waals surface area contributed by atoms with Gasteiger partial charge in [0.2, 0.25) is 0 Å². The predicted molar refractivity (Wildman–Crippen MR) is 140 cm³/mol. The van der Waals surface area contributed by atoms with Crippen molar-refractivity contribution in [3.8, 4) is 28.4 Å². The maximum Gasteiger partial charge on any atom is 0.130 e. The van der Waals surface area contributed by atoms with Crippen LogP contribution in [0.4, 0.5) is 0 Å². The molecule has 0 aliphatic carbocycles. The van der Waals surface area contributed by atoms with Crippen LogP contribution < -0.4 is 30.1 Å². The molecule has 0 radical (unpaired) electrons. The van der Waals surface area contributed by atoms with Crippen LogP contribution in [0.2, 0.25) is 0 Å². The Morgan fingerprint density at radius 1 is 0.545 bits per heavy atom. The number of aryl methyl sites for hydroxylation is 2. The molecule has 0 aliphatic rings. The Labute approximate surface area is 197 Å². The molecule has 0 aliphatic heterocycles. The average Bonchev–Trinajstić information content (AvgIpc) is 2.86. The van der Waals surface area contributed by atoms with Gasteiger partial charge >= 0.3 is 0 Å². The Morgan fingerprint density at radius 2 is 1.12 bits per heavy atom. The lowest BCUT2D eigenvalue weighted by Crippen LogP contribution is -2.25. The summed E-state index contributed by atoms with van der Waals surface area (Å²) in [6, 6.07) is 29.5. The first-order chi connectivity index (χ1) is 16.1. The number of para-hydroxylation sites is 1. The third-order valence-electron chi connectivity index (χ3n) is 5.77. The van der Waals surface area contributed by atoms with Crippen molar-refractivity contribution in [1.82, 2.24) is 0 Å². The minimum Gasteiger partial charge on any atom is -0.496 e. The summed E-state index contributed by atoms with van der Waals surface area (Å²) < 4.78 is 17.4. The number of rotatable bonds is 7. The number of benzene rings is 4. The maximum atomic E-state index is 5.84. The molecule has 4 aromatic rings. The van der Waals surface area contributed by atoms with Gasteiger partial charge in [0.1, 0.15) is 17.2 Å². The molecule has 33 heavy (non-hydrogen) atoms. The van der Waals surface area contributed by atoms with Gasteiger partial charge in [0, 0.05) is 5.30 Å². The fourth-order valence-electron chi connectivity index (χ4n) is 4.16. The molecule has 4 aromatic carbocycles. The first-order valence-electron chi connectivity index (χ1n) is 10.9. The maximum absolute atomic E-state index is 5.84. The molecule has 0 N–H and O–H groups in total. The first kappa shape index (κ1) is 22.9. The van der Waals surface area contributed by atoms with Gasteiger partial charge < -0.3 is 14.2 Å². The molecule has 4 heteroatoms. The second-order valence-corrected chi connectivity index (χ2v) is 9.97. The van der Waals surface area contributed by atoms with Crippen LogP contribution in [-0.4, -0.2) is 21.3 Å². The summed E-state index contributed by atoms with van der Waals surface area (Å²) >= 11 is 0. The summed E-state index contributed by atoms with van der Waals surface area (Å²) in [5.74, 6) is 2.47. The van der Waals surface area contributed by atoms with Crippen LogP contribution in [0.15, 0.2) is 84.9 Å². The average molecular weight is 457 g/mol. The van der Waals surface area contributed by atoms with E-state index >= 15 is 0 Å². The highest BCUT2D eigenvalue weighted by Crippen LogP contribution is 2.45. The normalized spacial score (nSPS) is 11.7. The minimum absolute atomic E-state index is 0.790. The largest absolute Gasteiger partial charge is 0.496 e. The van der Waals surface area contributed by atoms with E-state index in [-0.39, 0.29) is 0 Å². The fourth-order valence-corrected chi connectivity index (χ4v) is 6.98. The molecule has 0 aromatic heterocycles. The summed E-state index contributed by atoms with van der Waals surface area (Å²) in [6.07, 6.45) is 0. The molecule has 4 rings (SSSR count). The molecular weight excluding hydrogens is 427 g/mol. The lowest BCUT2D eigenvalue weighted by atomic mass is 10.0. The number of hydrogen-bond donors (Lipinski definition) is 0. The van der Waals surface area contributed by atoms with Crippen molar-refractivity contribution in [1.29, 1.82) is 0 Å². The highest BCUT2D eigenvalue weighted by atomic mass is 31.1. The van der Waals surface area contributed by atoms with Crippen LogP contribution in [0.1, 0.15) is 11.1 Å². The third kappa shape index (κ3) is 4.47. The number of methoxy groups -OCH3 is 3. The summed E-state index contributed by atoms with van der Waals surface area (Å²) in [5.41, 5.74) is 4.57. The van der Waals surface area contributed by atoms with Crippen molar-refractivity contribution in [2.45, 2.75) is 13.8 Å². The van der Waals surface area contributed by atoms with Crippen molar-refractivity contribution >= 4 is 23.8 Å². The van der Waals surface area contributed by atoms with Gasteiger partial charge in [-0.1, -0.05) is 72.3 Å². The molecular formula is C29H29O3P. The molecule has 1 unspecified atom stereocenters. The highest BCUT2D eigenvalue weighted by molar-refractivity contribution is 7.80. The molecule has 1 atom stereocenters. The lowest BCUT2D eigenvalue weighted by Gasteiger charge is -2.26. The van der Waals surface area contributed by atoms with Crippen molar-refractivity contribution in [2.75, 3.05) is 21.3 Å². The summed E-state index contributed by atoms with van der Waals surface area (Å²) in [7, 11) is 4.22. The molecule has 0 bridgehead atoms. The van der Waals surface area contributed by atoms with Crippen molar-refractivity contribution in [3.05, 3.63) is 96.1 Å². The summed E-state index contributed by atoms with van der Waals surface area (Å²) in [4.78, 5) is 0. The van der Waals surface area contributed by atoms with E-state index in [1.165, 1.54) is 27.0 Å². The van der Waals surface area contributed by atoms with Crippen molar-refractivity contribution in [3.63, 3.8) is 0 Å². The smallest absolute Gasteiger partial charge is 0.130 e. The Bertz CT molecular complexity index is 1240. The third-order valence-corrected chi connectivity index (χ3v) is 8.46. The van der Waals surface area contributed by atoms with Gasteiger partial charge in [0.15, 0.2) is 0 Å². The summed E-state index contributed by atoms with van der Waals surface area (Å²) in [6.45, 7) is 4.33. The molecule has 0 saturated heterocycles. The predicted octanol–water partition coefficient (Wildman–Crippen LogP) is 5.75. The van der Waals surface area contributed by atoms with E-state index in [9.17, 15) is 0 Å². The van der Waals surface area contributed by atoms with Gasteiger partial charge in [0.05, 0.1) is 26.9 Å². The van der Waals surface area contributed by atoms with Gasteiger partial charge in [-0.05, 0) is 61.7 Å². The van der Waals surface area contributed by atoms with Gasteiger partial charge in [-0.3, -0.25) is 0 Å². The van der Waals surface area contributed by atoms with E-state index in [2.05, 4.69) is 68.4 Å². The SMILES string of the molecule is COc1ccccc1P(c1cc(C)ccc1C)c1ccccc1-c1c(OC)cccc1OC. The second-order valence-electron chi connectivity index (χ2n) is 7.85. The van der Waals surface area contributed by atoms with Gasteiger partial charge in [-0.15, -0.1) is 0 Å². The van der Waals surface area contributed by atoms with Gasteiger partial charge in [0.25, 0.3) is 0 Å². The first-order valence-corrected chi connectivity index (χ1v) is 12.2. The van der Waals surface area contributed by atoms with Crippen LogP contribution >= 0.6 is 7.92 Å². The minimum atomic E-state index is -0.925. The van der Waals surface area contributed by atoms with Crippen LogP contribution in [0.5, 0.6) is 17.2 Å². The lowest BCUT2D eigenvalue weighted by molar-refractivity contribution is 0.397. The topological polar surface area (TPSA) is 27.7 Å². The Hall–Kier alpha value is -3.29. The molecule has 0 spiro atoms. The van der Waals surface area contributed by atoms with Gasteiger partial charge in [-0.25, -0.2) is 0 Å². The van der Waals surface area contributed by atoms with Crippen LogP contribution in [0.25, 0.3) is 11.1 Å². The second kappa shape index (κ2) is 10.1. The van der Waals surface area contributed by atoms with E-state index < -0.39 is 7.92 Å². The van der Waals surface area contributed by atoms with E-state index in [1.54, 1.807) is 21.3 Å². The van der Waals surface area contributed by atoms with Gasteiger partial charge in [-0.2, -0.15) is 0 Å². The number of ether oxygens (including phenoxy) is 3. The fraction of sp³-hybridized carbons (Fsp3) is 0.172. The molecule has 0 heterocycles. The molecule has 0 saturated carbocycles. The van der Waals surface area contributed by atoms with Crippen LogP contribution in [0, 0.1) is 13.8 Å². The highest BCUT2D eigenvalue weighted by Gasteiger charge is 2.26. The molecule has 0 fully saturated rings. The zero-order valence-corrected chi connectivity index (χ0v) is 20.6. The zero-order valence-electron chi connectivity index (χ0n) is 19.8. The molecule has 0 amide bonds. The van der Waals surface area contributed by atoms with E-state index in [0.717, 1.165) is 28.4 Å². The monoisotopic (exact) mass is 456 g/mol. The van der Waals surface area contributed by atoms with Crippen molar-refractivity contribution in [2.24, 2.45) is 0 Å². The van der Waals surface area contributed by atoms with E-state index in [1.807, 2.05) is 30.3 Å². The molecule has 168 valence electrons. The Balaban J connectivity index is 2.07. The molecule has 3 nitrogen and oxygen atoms in total. The Kier molecular flexibility index (Phi) is 7.01. The zero-order chi connectivity index (χ0) is 23.4. The quantitative estimate of drug-likeness (QED) is 0.331. The van der Waals surface area contributed by atoms with Crippen LogP contribution in [-0.2, 0) is 0 Å². The standard InChI is InChI=1S/C29H29O3P/c1-20-17-18-21(2)28(19-20)33(27-16-9-7-12-23(27)30-3)26-15-8-6-11-22(26)29-24(31-4)13-10-14-25(29)32-5/h6-19H,1-5H3. The van der Waals surface area contributed by atoms with E-state index in [0.29, 0.717) is 0 Å². The van der Waals surface area contributed by atoms with Crippen LogP contribution in [0.3, 0.4) is 0 Å². The number of hydrogen-bond acceptors (Lipinski definition) is 3. The van der Waals surface area contributed by atoms with E-state index in [4.69, 9.17) is 14.2 Å². The summed E-state index contributed by atoms with van der Waals surface area (Å²) in [5, 5.41) is 3.73. The Morgan fingerprint density at radius 3 is 1.79 bits per heavy atom. The van der Waals surface area contributed by atoms with Crippen molar-refractivity contribution < 1.29 is 14.2 Å².